The highest BCUT2D eigenvalue weighted by Crippen LogP contribution is 2.30. The maximum Gasteiger partial charge on any atom is 0.237 e. The molecule has 0 unspecified atom stereocenters. The first-order chi connectivity index (χ1) is 7.10. The van der Waals surface area contributed by atoms with Crippen molar-refractivity contribution in [3.8, 4) is 5.75 Å². The van der Waals surface area contributed by atoms with Crippen LogP contribution in [0.25, 0.3) is 0 Å². The van der Waals surface area contributed by atoms with Gasteiger partial charge in [-0.3, -0.25) is 0 Å². The zero-order valence-corrected chi connectivity index (χ0v) is 9.19. The normalized spacial score (nSPS) is 11.3. The Kier molecular flexibility index (Phi) is 3.62. The molecule has 0 saturated carbocycles. The molecule has 0 aliphatic rings. The molecule has 0 radical (unpaired) electrons. The molecule has 0 amide bonds. The third-order valence-electron chi connectivity index (χ3n) is 1.95. The predicted molar refractivity (Wildman–Crippen MR) is 59.8 cm³/mol. The number of guanidine groups is 1. The van der Waals surface area contributed by atoms with Gasteiger partial charge >= 0.3 is 0 Å². The summed E-state index contributed by atoms with van der Waals surface area (Å²) in [6.45, 7) is 0. The number of halogens is 1. The van der Waals surface area contributed by atoms with Crippen LogP contribution in [0.5, 0.6) is 5.75 Å². The van der Waals surface area contributed by atoms with Gasteiger partial charge in [-0.2, -0.15) is 0 Å². The summed E-state index contributed by atoms with van der Waals surface area (Å²) in [6, 6.07) is 5.07. The third kappa shape index (κ3) is 2.44. The summed E-state index contributed by atoms with van der Waals surface area (Å²) >= 11 is 5.84. The Balaban J connectivity index is 3.16. The minimum atomic E-state index is -0.0458. The van der Waals surface area contributed by atoms with Gasteiger partial charge in [0.05, 0.1) is 12.8 Å². The van der Waals surface area contributed by atoms with Gasteiger partial charge < -0.3 is 20.6 Å². The predicted octanol–water partition coefficient (Wildman–Crippen LogP) is 1.49. The number of nitrogens with two attached hydrogens (primary N) is 1. The van der Waals surface area contributed by atoms with E-state index in [1.807, 2.05) is 0 Å². The highest BCUT2D eigenvalue weighted by atomic mass is 35.5. The van der Waals surface area contributed by atoms with Crippen molar-refractivity contribution >= 4 is 23.2 Å². The lowest BCUT2D eigenvalue weighted by atomic mass is 10.2. The number of hydrogen-bond acceptors (Lipinski definition) is 3. The molecule has 0 aromatic heterocycles. The first-order valence-electron chi connectivity index (χ1n) is 4.15. The van der Waals surface area contributed by atoms with E-state index < -0.39 is 0 Å². The number of nitrogens with zero attached hydrogens (tertiary/aromatic N) is 2. The molecule has 1 rings (SSSR count). The number of ether oxygens (including phenoxy) is 1. The molecule has 0 aliphatic carbocycles. The van der Waals surface area contributed by atoms with Crippen LogP contribution in [0.2, 0.25) is 5.02 Å². The highest BCUT2D eigenvalue weighted by molar-refractivity contribution is 6.31. The van der Waals surface area contributed by atoms with Crippen LogP contribution in [-0.2, 0) is 0 Å². The summed E-state index contributed by atoms with van der Waals surface area (Å²) in [5, 5.41) is 12.0. The number of methoxy groups -OCH3 is 1. The summed E-state index contributed by atoms with van der Waals surface area (Å²) in [5.41, 5.74) is 6.07. The van der Waals surface area contributed by atoms with Crippen molar-refractivity contribution in [3.63, 3.8) is 0 Å². The van der Waals surface area contributed by atoms with E-state index in [4.69, 9.17) is 27.3 Å². The van der Waals surface area contributed by atoms with E-state index in [-0.39, 0.29) is 5.96 Å². The molecule has 0 atom stereocenters. The topological polar surface area (TPSA) is 71.1 Å². The number of hydrogen-bond donors (Lipinski definition) is 2. The molecule has 6 heteroatoms. The Bertz CT molecular complexity index is 382. The molecule has 0 spiro atoms. The van der Waals surface area contributed by atoms with Crippen molar-refractivity contribution in [2.45, 2.75) is 0 Å². The van der Waals surface area contributed by atoms with E-state index in [0.717, 1.165) is 0 Å². The molecule has 3 N–H and O–H groups in total. The van der Waals surface area contributed by atoms with Gasteiger partial charge in [-0.1, -0.05) is 16.8 Å². The number of anilines is 1. The summed E-state index contributed by atoms with van der Waals surface area (Å²) in [5.74, 6) is 0.545. The summed E-state index contributed by atoms with van der Waals surface area (Å²) in [7, 11) is 3.18. The van der Waals surface area contributed by atoms with Crippen molar-refractivity contribution in [1.82, 2.24) is 0 Å². The molecular weight excluding hydrogens is 218 g/mol. The van der Waals surface area contributed by atoms with Crippen LogP contribution in [0.4, 0.5) is 5.69 Å². The first kappa shape index (κ1) is 11.5. The van der Waals surface area contributed by atoms with Gasteiger partial charge in [0.25, 0.3) is 0 Å². The fourth-order valence-corrected chi connectivity index (χ4v) is 1.28. The third-order valence-corrected chi connectivity index (χ3v) is 2.18. The van der Waals surface area contributed by atoms with Crippen LogP contribution in [0, 0.1) is 0 Å². The Morgan fingerprint density at radius 2 is 2.27 bits per heavy atom. The van der Waals surface area contributed by atoms with Gasteiger partial charge in [0.1, 0.15) is 5.75 Å². The van der Waals surface area contributed by atoms with E-state index in [9.17, 15) is 0 Å². The minimum absolute atomic E-state index is 0.0458. The standard InChI is InChI=1S/C9H12ClN3O2/c1-13(9(11)12-14)7-5-6(10)3-4-8(7)15-2/h3-5,14H,1-2H3,(H2,11,12). The van der Waals surface area contributed by atoms with Crippen molar-refractivity contribution in [1.29, 1.82) is 0 Å². The second-order valence-corrected chi connectivity index (χ2v) is 3.27. The number of oxime groups is 1. The maximum atomic E-state index is 8.55. The van der Waals surface area contributed by atoms with Gasteiger partial charge in [-0.05, 0) is 18.2 Å². The van der Waals surface area contributed by atoms with Gasteiger partial charge in [0, 0.05) is 12.1 Å². The fourth-order valence-electron chi connectivity index (χ4n) is 1.12. The molecule has 15 heavy (non-hydrogen) atoms. The lowest BCUT2D eigenvalue weighted by Gasteiger charge is -2.19. The smallest absolute Gasteiger partial charge is 0.237 e. The van der Waals surface area contributed by atoms with E-state index in [1.54, 1.807) is 25.2 Å². The largest absolute Gasteiger partial charge is 0.495 e. The molecule has 0 heterocycles. The van der Waals surface area contributed by atoms with Crippen molar-refractivity contribution < 1.29 is 9.94 Å². The van der Waals surface area contributed by atoms with Crippen molar-refractivity contribution in [2.75, 3.05) is 19.1 Å². The van der Waals surface area contributed by atoms with Crippen LogP contribution in [0.3, 0.4) is 0 Å². The zero-order chi connectivity index (χ0) is 11.4. The molecule has 0 saturated heterocycles. The second-order valence-electron chi connectivity index (χ2n) is 2.83. The molecular formula is C9H12ClN3O2. The van der Waals surface area contributed by atoms with Crippen LogP contribution in [0.1, 0.15) is 0 Å². The van der Waals surface area contributed by atoms with E-state index in [2.05, 4.69) is 5.16 Å². The average molecular weight is 230 g/mol. The SMILES string of the molecule is COc1ccc(Cl)cc1N(C)/C(N)=N/O. The maximum absolute atomic E-state index is 8.55. The Labute approximate surface area is 92.7 Å². The number of rotatable bonds is 2. The number of benzene rings is 1. The fraction of sp³-hybridized carbons (Fsp3) is 0.222. The second kappa shape index (κ2) is 4.75. The minimum Gasteiger partial charge on any atom is -0.495 e. The molecule has 1 aromatic rings. The Hall–Kier alpha value is -1.62. The quantitative estimate of drug-likeness (QED) is 0.349. The lowest BCUT2D eigenvalue weighted by Crippen LogP contribution is -2.34. The molecule has 0 bridgehead atoms. The van der Waals surface area contributed by atoms with Crippen LogP contribution in [-0.4, -0.2) is 25.3 Å². The monoisotopic (exact) mass is 229 g/mol. The van der Waals surface area contributed by atoms with Crippen molar-refractivity contribution in [3.05, 3.63) is 23.2 Å². The highest BCUT2D eigenvalue weighted by Gasteiger charge is 2.11. The average Bonchev–Trinajstić information content (AvgIpc) is 2.27. The van der Waals surface area contributed by atoms with Crippen LogP contribution >= 0.6 is 11.6 Å². The van der Waals surface area contributed by atoms with Gasteiger partial charge in [-0.15, -0.1) is 0 Å². The van der Waals surface area contributed by atoms with E-state index in [1.165, 1.54) is 12.0 Å². The van der Waals surface area contributed by atoms with Gasteiger partial charge in [0.15, 0.2) is 0 Å². The Morgan fingerprint density at radius 3 is 2.80 bits per heavy atom. The van der Waals surface area contributed by atoms with Crippen molar-refractivity contribution in [2.24, 2.45) is 10.9 Å². The molecule has 0 fully saturated rings. The molecule has 0 aliphatic heterocycles. The van der Waals surface area contributed by atoms with E-state index >= 15 is 0 Å². The molecule has 5 nitrogen and oxygen atoms in total. The van der Waals surface area contributed by atoms with Crippen LogP contribution < -0.4 is 15.4 Å². The molecule has 1 aromatic carbocycles. The lowest BCUT2D eigenvalue weighted by molar-refractivity contribution is 0.317. The summed E-state index contributed by atoms with van der Waals surface area (Å²) in [6.07, 6.45) is 0. The Morgan fingerprint density at radius 1 is 1.60 bits per heavy atom. The van der Waals surface area contributed by atoms with Gasteiger partial charge in [0.2, 0.25) is 5.96 Å². The molecule has 82 valence electrons. The first-order valence-corrected chi connectivity index (χ1v) is 4.52. The van der Waals surface area contributed by atoms with Crippen LogP contribution in [0.15, 0.2) is 23.4 Å². The van der Waals surface area contributed by atoms with Gasteiger partial charge in [-0.25, -0.2) is 0 Å². The van der Waals surface area contributed by atoms with E-state index in [0.29, 0.717) is 16.5 Å². The summed E-state index contributed by atoms with van der Waals surface area (Å²) in [4.78, 5) is 1.46. The zero-order valence-electron chi connectivity index (χ0n) is 8.44. The summed E-state index contributed by atoms with van der Waals surface area (Å²) < 4.78 is 5.12.